The van der Waals surface area contributed by atoms with Crippen molar-refractivity contribution in [2.45, 2.75) is 13.3 Å². The molecule has 0 aliphatic carbocycles. The van der Waals surface area contributed by atoms with Gasteiger partial charge in [0.15, 0.2) is 0 Å². The van der Waals surface area contributed by atoms with Crippen LogP contribution in [0.1, 0.15) is 28.4 Å². The summed E-state index contributed by atoms with van der Waals surface area (Å²) in [6.45, 7) is 2.00. The van der Waals surface area contributed by atoms with E-state index < -0.39 is 23.8 Å². The Labute approximate surface area is 200 Å². The number of rotatable bonds is 5. The van der Waals surface area contributed by atoms with Gasteiger partial charge in [-0.1, -0.05) is 54.9 Å². The third-order valence-electron chi connectivity index (χ3n) is 5.20. The van der Waals surface area contributed by atoms with E-state index in [0.717, 1.165) is 16.9 Å². The highest BCUT2D eigenvalue weighted by atomic mass is 35.5. The van der Waals surface area contributed by atoms with E-state index in [2.05, 4.69) is 5.32 Å². The summed E-state index contributed by atoms with van der Waals surface area (Å²) in [7, 11) is 0. The SMILES string of the molecule is CCc1ccc(N2C(=O)NC(=O)C(=Cc3ccc(OC(=O)c4ccccc4Cl)cc3)C2=O)cc1. The van der Waals surface area contributed by atoms with Crippen molar-refractivity contribution >= 4 is 47.2 Å². The third-order valence-corrected chi connectivity index (χ3v) is 5.53. The number of esters is 1. The molecule has 0 aromatic heterocycles. The Morgan fingerprint density at radius 2 is 1.65 bits per heavy atom. The minimum absolute atomic E-state index is 0.194. The average Bonchev–Trinajstić information content (AvgIpc) is 2.83. The number of imide groups is 2. The number of hydrogen-bond acceptors (Lipinski definition) is 5. The summed E-state index contributed by atoms with van der Waals surface area (Å²) in [4.78, 5) is 50.9. The lowest BCUT2D eigenvalue weighted by Gasteiger charge is -2.26. The minimum atomic E-state index is -0.807. The molecule has 7 nitrogen and oxygen atoms in total. The van der Waals surface area contributed by atoms with Gasteiger partial charge >= 0.3 is 12.0 Å². The van der Waals surface area contributed by atoms with Gasteiger partial charge in [0, 0.05) is 0 Å². The monoisotopic (exact) mass is 474 g/mol. The van der Waals surface area contributed by atoms with Gasteiger partial charge in [-0.05, 0) is 60.0 Å². The fourth-order valence-corrected chi connectivity index (χ4v) is 3.57. The number of anilines is 1. The first-order valence-corrected chi connectivity index (χ1v) is 10.8. The quantitative estimate of drug-likeness (QED) is 0.248. The van der Waals surface area contributed by atoms with Crippen LogP contribution in [0.15, 0.2) is 78.4 Å². The first-order chi connectivity index (χ1) is 16.4. The molecule has 0 unspecified atom stereocenters. The van der Waals surface area contributed by atoms with Gasteiger partial charge in [-0.3, -0.25) is 14.9 Å². The molecule has 1 saturated heterocycles. The number of halogens is 1. The zero-order chi connectivity index (χ0) is 24.2. The number of carbonyl (C=O) groups is 4. The zero-order valence-electron chi connectivity index (χ0n) is 18.1. The van der Waals surface area contributed by atoms with Crippen molar-refractivity contribution in [1.82, 2.24) is 5.32 Å². The van der Waals surface area contributed by atoms with Crippen LogP contribution in [0, 0.1) is 0 Å². The van der Waals surface area contributed by atoms with Crippen LogP contribution in [0.25, 0.3) is 6.08 Å². The Balaban J connectivity index is 1.54. The Bertz CT molecular complexity index is 1310. The summed E-state index contributed by atoms with van der Waals surface area (Å²) in [5, 5.41) is 2.47. The summed E-state index contributed by atoms with van der Waals surface area (Å²) in [5.74, 6) is -1.86. The predicted molar refractivity (Wildman–Crippen MR) is 128 cm³/mol. The summed E-state index contributed by atoms with van der Waals surface area (Å²) in [6.07, 6.45) is 2.19. The summed E-state index contributed by atoms with van der Waals surface area (Å²) in [6, 6.07) is 18.9. The molecule has 170 valence electrons. The van der Waals surface area contributed by atoms with Gasteiger partial charge in [-0.2, -0.15) is 0 Å². The number of urea groups is 1. The maximum Gasteiger partial charge on any atom is 0.345 e. The molecule has 4 rings (SSSR count). The lowest BCUT2D eigenvalue weighted by atomic mass is 10.1. The molecule has 1 heterocycles. The molecule has 1 fully saturated rings. The number of carbonyl (C=O) groups excluding carboxylic acids is 4. The Morgan fingerprint density at radius 3 is 2.29 bits per heavy atom. The number of nitrogens with one attached hydrogen (secondary N) is 1. The van der Waals surface area contributed by atoms with Gasteiger partial charge in [0.1, 0.15) is 11.3 Å². The van der Waals surface area contributed by atoms with Crippen molar-refractivity contribution in [3.05, 3.63) is 100 Å². The number of amides is 4. The second kappa shape index (κ2) is 9.72. The molecule has 1 aliphatic heterocycles. The summed E-state index contributed by atoms with van der Waals surface area (Å²) < 4.78 is 5.33. The van der Waals surface area contributed by atoms with E-state index in [1.165, 1.54) is 18.2 Å². The standard InChI is InChI=1S/C26H19ClN2O5/c1-2-16-7-11-18(12-8-16)29-24(31)21(23(30)28-26(29)33)15-17-9-13-19(14-10-17)34-25(32)20-5-3-4-6-22(20)27/h3-15H,2H2,1H3,(H,28,30,33). The topological polar surface area (TPSA) is 92.8 Å². The molecular formula is C26H19ClN2O5. The molecule has 1 aliphatic rings. The predicted octanol–water partition coefficient (Wildman–Crippen LogP) is 4.79. The van der Waals surface area contributed by atoms with Gasteiger partial charge in [0.2, 0.25) is 0 Å². The van der Waals surface area contributed by atoms with Crippen LogP contribution in [0.5, 0.6) is 5.75 Å². The molecule has 1 N–H and O–H groups in total. The van der Waals surface area contributed by atoms with Gasteiger partial charge in [0.25, 0.3) is 11.8 Å². The van der Waals surface area contributed by atoms with Crippen LogP contribution in [-0.4, -0.2) is 23.8 Å². The molecule has 0 radical (unpaired) electrons. The third kappa shape index (κ3) is 4.74. The number of nitrogens with zero attached hydrogens (tertiary/aromatic N) is 1. The van der Waals surface area contributed by atoms with Crippen LogP contribution in [0.3, 0.4) is 0 Å². The van der Waals surface area contributed by atoms with Crippen molar-refractivity contribution in [3.8, 4) is 5.75 Å². The van der Waals surface area contributed by atoms with Gasteiger partial charge in [0.05, 0.1) is 16.3 Å². The molecule has 0 atom stereocenters. The summed E-state index contributed by atoms with van der Waals surface area (Å²) >= 11 is 6.02. The van der Waals surface area contributed by atoms with Crippen molar-refractivity contribution in [2.75, 3.05) is 4.90 Å². The Hall–Kier alpha value is -4.23. The van der Waals surface area contributed by atoms with E-state index in [1.807, 2.05) is 19.1 Å². The highest BCUT2D eigenvalue weighted by Gasteiger charge is 2.36. The lowest BCUT2D eigenvalue weighted by molar-refractivity contribution is -0.122. The molecular weight excluding hydrogens is 456 g/mol. The van der Waals surface area contributed by atoms with E-state index in [0.29, 0.717) is 11.3 Å². The van der Waals surface area contributed by atoms with E-state index in [4.69, 9.17) is 16.3 Å². The van der Waals surface area contributed by atoms with E-state index in [-0.39, 0.29) is 21.9 Å². The van der Waals surface area contributed by atoms with Gasteiger partial charge in [-0.25, -0.2) is 14.5 Å². The average molecular weight is 475 g/mol. The van der Waals surface area contributed by atoms with Crippen LogP contribution in [0.2, 0.25) is 5.02 Å². The second-order valence-electron chi connectivity index (χ2n) is 7.42. The first-order valence-electron chi connectivity index (χ1n) is 10.4. The second-order valence-corrected chi connectivity index (χ2v) is 7.82. The highest BCUT2D eigenvalue weighted by Crippen LogP contribution is 2.24. The van der Waals surface area contributed by atoms with Crippen molar-refractivity contribution in [2.24, 2.45) is 0 Å². The molecule has 0 spiro atoms. The van der Waals surface area contributed by atoms with Crippen LogP contribution in [-0.2, 0) is 16.0 Å². The zero-order valence-corrected chi connectivity index (χ0v) is 18.8. The first kappa shape index (κ1) is 22.9. The molecule has 4 amide bonds. The number of benzene rings is 3. The lowest BCUT2D eigenvalue weighted by Crippen LogP contribution is -2.54. The number of barbiturate groups is 1. The van der Waals surface area contributed by atoms with Crippen molar-refractivity contribution in [3.63, 3.8) is 0 Å². The van der Waals surface area contributed by atoms with Crippen LogP contribution >= 0.6 is 11.6 Å². The number of aryl methyl sites for hydroxylation is 1. The molecule has 3 aromatic rings. The Morgan fingerprint density at radius 1 is 0.971 bits per heavy atom. The van der Waals surface area contributed by atoms with Gasteiger partial charge < -0.3 is 4.74 Å². The maximum absolute atomic E-state index is 13.0. The molecule has 3 aromatic carbocycles. The largest absolute Gasteiger partial charge is 0.423 e. The number of ether oxygens (including phenoxy) is 1. The van der Waals surface area contributed by atoms with Crippen molar-refractivity contribution < 1.29 is 23.9 Å². The highest BCUT2D eigenvalue weighted by molar-refractivity contribution is 6.39. The molecule has 0 saturated carbocycles. The normalized spacial score (nSPS) is 14.8. The maximum atomic E-state index is 13.0. The fraction of sp³-hybridized carbons (Fsp3) is 0.0769. The minimum Gasteiger partial charge on any atom is -0.423 e. The number of hydrogen-bond donors (Lipinski definition) is 1. The fourth-order valence-electron chi connectivity index (χ4n) is 3.36. The molecule has 0 bridgehead atoms. The summed E-state index contributed by atoms with van der Waals surface area (Å²) in [5.41, 5.74) is 1.96. The van der Waals surface area contributed by atoms with E-state index in [9.17, 15) is 19.2 Å². The van der Waals surface area contributed by atoms with E-state index >= 15 is 0 Å². The van der Waals surface area contributed by atoms with Crippen molar-refractivity contribution in [1.29, 1.82) is 0 Å². The van der Waals surface area contributed by atoms with Gasteiger partial charge in [-0.15, -0.1) is 0 Å². The smallest absolute Gasteiger partial charge is 0.345 e. The van der Waals surface area contributed by atoms with E-state index in [1.54, 1.807) is 48.5 Å². The van der Waals surface area contributed by atoms with Crippen LogP contribution < -0.4 is 15.0 Å². The Kier molecular flexibility index (Phi) is 6.56. The molecule has 8 heteroatoms. The molecule has 34 heavy (non-hydrogen) atoms. The van der Waals surface area contributed by atoms with Crippen LogP contribution in [0.4, 0.5) is 10.5 Å².